The van der Waals surface area contributed by atoms with E-state index in [2.05, 4.69) is 0 Å². The molecule has 0 aliphatic carbocycles. The quantitative estimate of drug-likeness (QED) is 0.699. The van der Waals surface area contributed by atoms with E-state index in [0.29, 0.717) is 12.0 Å². The molecule has 1 aromatic rings. The van der Waals surface area contributed by atoms with Crippen molar-refractivity contribution in [2.24, 2.45) is 0 Å². The number of nitriles is 4. The molecule has 0 N–H and O–H groups in total. The van der Waals surface area contributed by atoms with Crippen molar-refractivity contribution >= 4 is 0 Å². The molecule has 0 aliphatic rings. The summed E-state index contributed by atoms with van der Waals surface area (Å²) < 4.78 is 0. The van der Waals surface area contributed by atoms with Gasteiger partial charge in [-0.1, -0.05) is 6.92 Å². The van der Waals surface area contributed by atoms with Gasteiger partial charge in [0.05, 0.1) is 22.3 Å². The molecular formula is C12H6N4. The molecule has 4 heteroatoms. The lowest BCUT2D eigenvalue weighted by atomic mass is 9.92. The van der Waals surface area contributed by atoms with E-state index in [4.69, 9.17) is 21.0 Å². The van der Waals surface area contributed by atoms with Gasteiger partial charge < -0.3 is 0 Å². The van der Waals surface area contributed by atoms with Gasteiger partial charge in [-0.15, -0.1) is 0 Å². The standard InChI is InChI=1S/C12H6N4/c1-2-8-3-9(4-13)11(6-15)12(7-16)10(8)5-14/h3H,2H2,1H3. The SMILES string of the molecule is CCc1cc(C#N)c(C#N)c(C#N)c1C#N. The first-order valence-electron chi connectivity index (χ1n) is 4.53. The minimum atomic E-state index is -0.0150. The molecular weight excluding hydrogens is 200 g/mol. The first kappa shape index (κ1) is 11.3. The topological polar surface area (TPSA) is 95.2 Å². The van der Waals surface area contributed by atoms with Crippen molar-refractivity contribution in [3.8, 4) is 24.3 Å². The average Bonchev–Trinajstić information content (AvgIpc) is 2.35. The molecule has 0 radical (unpaired) electrons. The molecule has 74 valence electrons. The first-order valence-corrected chi connectivity index (χ1v) is 4.53. The molecule has 1 rings (SSSR count). The Morgan fingerprint density at radius 2 is 1.44 bits per heavy atom. The van der Waals surface area contributed by atoms with Crippen LogP contribution in [0.1, 0.15) is 34.7 Å². The maximum Gasteiger partial charge on any atom is 0.102 e. The van der Waals surface area contributed by atoms with Crippen molar-refractivity contribution in [3.63, 3.8) is 0 Å². The van der Waals surface area contributed by atoms with Gasteiger partial charge in [0.2, 0.25) is 0 Å². The molecule has 0 amide bonds. The third-order valence-corrected chi connectivity index (χ3v) is 2.25. The predicted molar refractivity (Wildman–Crippen MR) is 54.7 cm³/mol. The number of hydrogen-bond acceptors (Lipinski definition) is 4. The van der Waals surface area contributed by atoms with E-state index < -0.39 is 0 Å². The Hall–Kier alpha value is -2.82. The van der Waals surface area contributed by atoms with Crippen LogP contribution in [-0.4, -0.2) is 0 Å². The molecule has 0 bridgehead atoms. The van der Waals surface area contributed by atoms with Crippen molar-refractivity contribution in [1.29, 1.82) is 21.0 Å². The van der Waals surface area contributed by atoms with Gasteiger partial charge in [0.25, 0.3) is 0 Å². The molecule has 0 atom stereocenters. The predicted octanol–water partition coefficient (Wildman–Crippen LogP) is 1.74. The summed E-state index contributed by atoms with van der Waals surface area (Å²) in [6, 6.07) is 8.89. The van der Waals surface area contributed by atoms with Crippen LogP contribution in [0.3, 0.4) is 0 Å². The summed E-state index contributed by atoms with van der Waals surface area (Å²) in [7, 11) is 0. The van der Waals surface area contributed by atoms with E-state index in [1.165, 1.54) is 6.07 Å². The van der Waals surface area contributed by atoms with Gasteiger partial charge >= 0.3 is 0 Å². The molecule has 0 unspecified atom stereocenters. The Bertz CT molecular complexity index is 600. The first-order chi connectivity index (χ1) is 7.73. The van der Waals surface area contributed by atoms with E-state index in [1.54, 1.807) is 6.07 Å². The van der Waals surface area contributed by atoms with E-state index in [-0.39, 0.29) is 22.3 Å². The van der Waals surface area contributed by atoms with Crippen molar-refractivity contribution in [3.05, 3.63) is 33.9 Å². The zero-order valence-corrected chi connectivity index (χ0v) is 8.57. The Balaban J connectivity index is 3.83. The number of aryl methyl sites for hydroxylation is 1. The summed E-state index contributed by atoms with van der Waals surface area (Å²) in [4.78, 5) is 0. The average molecular weight is 206 g/mol. The lowest BCUT2D eigenvalue weighted by molar-refractivity contribution is 1.12. The smallest absolute Gasteiger partial charge is 0.102 e. The zero-order chi connectivity index (χ0) is 12.1. The summed E-state index contributed by atoms with van der Waals surface area (Å²) in [6.07, 6.45) is 0.540. The molecule has 0 aromatic heterocycles. The third kappa shape index (κ3) is 1.57. The van der Waals surface area contributed by atoms with Crippen LogP contribution < -0.4 is 0 Å². The molecule has 0 spiro atoms. The van der Waals surface area contributed by atoms with Gasteiger partial charge in [0.1, 0.15) is 24.3 Å². The highest BCUT2D eigenvalue weighted by Crippen LogP contribution is 2.22. The van der Waals surface area contributed by atoms with Crippen molar-refractivity contribution in [2.75, 3.05) is 0 Å². The summed E-state index contributed by atoms with van der Waals surface area (Å²) in [6.45, 7) is 1.82. The van der Waals surface area contributed by atoms with Crippen LogP contribution in [0.2, 0.25) is 0 Å². The second kappa shape index (κ2) is 4.61. The Morgan fingerprint density at radius 1 is 0.875 bits per heavy atom. The van der Waals surface area contributed by atoms with Crippen LogP contribution >= 0.6 is 0 Å². The van der Waals surface area contributed by atoms with Crippen LogP contribution in [0.25, 0.3) is 0 Å². The van der Waals surface area contributed by atoms with E-state index >= 15 is 0 Å². The van der Waals surface area contributed by atoms with Crippen LogP contribution in [-0.2, 0) is 6.42 Å². The lowest BCUT2D eigenvalue weighted by Gasteiger charge is -2.05. The fourth-order valence-corrected chi connectivity index (χ4v) is 1.46. The monoisotopic (exact) mass is 206 g/mol. The largest absolute Gasteiger partial charge is 0.192 e. The van der Waals surface area contributed by atoms with Crippen molar-refractivity contribution in [2.45, 2.75) is 13.3 Å². The van der Waals surface area contributed by atoms with Crippen molar-refractivity contribution < 1.29 is 0 Å². The minimum Gasteiger partial charge on any atom is -0.192 e. The van der Waals surface area contributed by atoms with E-state index in [9.17, 15) is 0 Å². The minimum absolute atomic E-state index is 0.000833. The van der Waals surface area contributed by atoms with Crippen LogP contribution in [0, 0.1) is 45.3 Å². The van der Waals surface area contributed by atoms with Crippen LogP contribution in [0.4, 0.5) is 0 Å². The summed E-state index contributed by atoms with van der Waals surface area (Å²) in [5.74, 6) is 0. The summed E-state index contributed by atoms with van der Waals surface area (Å²) in [5, 5.41) is 35.6. The van der Waals surface area contributed by atoms with E-state index in [1.807, 2.05) is 25.1 Å². The lowest BCUT2D eigenvalue weighted by Crippen LogP contribution is -1.99. The highest BCUT2D eigenvalue weighted by atomic mass is 14.3. The maximum atomic E-state index is 8.95. The van der Waals surface area contributed by atoms with Crippen LogP contribution in [0.5, 0.6) is 0 Å². The van der Waals surface area contributed by atoms with Crippen LogP contribution in [0.15, 0.2) is 6.07 Å². The Kier molecular flexibility index (Phi) is 3.24. The van der Waals surface area contributed by atoms with Gasteiger partial charge in [-0.05, 0) is 18.1 Å². The molecule has 1 aromatic carbocycles. The van der Waals surface area contributed by atoms with Gasteiger partial charge in [-0.25, -0.2) is 0 Å². The zero-order valence-electron chi connectivity index (χ0n) is 8.57. The van der Waals surface area contributed by atoms with E-state index in [0.717, 1.165) is 0 Å². The van der Waals surface area contributed by atoms with Gasteiger partial charge in [-0.3, -0.25) is 0 Å². The second-order valence-corrected chi connectivity index (χ2v) is 3.01. The fraction of sp³-hybridized carbons (Fsp3) is 0.167. The Labute approximate surface area is 93.2 Å². The maximum absolute atomic E-state index is 8.95. The molecule has 0 saturated heterocycles. The molecule has 16 heavy (non-hydrogen) atoms. The second-order valence-electron chi connectivity index (χ2n) is 3.01. The molecule has 4 nitrogen and oxygen atoms in total. The summed E-state index contributed by atoms with van der Waals surface area (Å²) >= 11 is 0. The van der Waals surface area contributed by atoms with Crippen molar-refractivity contribution in [1.82, 2.24) is 0 Å². The Morgan fingerprint density at radius 3 is 1.81 bits per heavy atom. The molecule has 0 saturated carbocycles. The summed E-state index contributed by atoms with van der Waals surface area (Å²) in [5.41, 5.74) is 0.949. The number of hydrogen-bond donors (Lipinski definition) is 0. The fourth-order valence-electron chi connectivity index (χ4n) is 1.46. The number of nitrogens with zero attached hydrogens (tertiary/aromatic N) is 4. The highest BCUT2D eigenvalue weighted by molar-refractivity contribution is 5.64. The van der Waals surface area contributed by atoms with Gasteiger partial charge in [-0.2, -0.15) is 21.0 Å². The molecule has 0 fully saturated rings. The molecule has 0 heterocycles. The third-order valence-electron chi connectivity index (χ3n) is 2.25. The number of benzene rings is 1. The van der Waals surface area contributed by atoms with Gasteiger partial charge in [0, 0.05) is 0 Å². The number of rotatable bonds is 1. The normalized spacial score (nSPS) is 8.31. The van der Waals surface area contributed by atoms with Gasteiger partial charge in [0.15, 0.2) is 0 Å². The highest BCUT2D eigenvalue weighted by Gasteiger charge is 2.16. The molecule has 0 aliphatic heterocycles.